The third kappa shape index (κ3) is 3.89. The van der Waals surface area contributed by atoms with Gasteiger partial charge in [0.15, 0.2) is 0 Å². The van der Waals surface area contributed by atoms with Crippen molar-refractivity contribution in [3.8, 4) is 5.75 Å². The van der Waals surface area contributed by atoms with Crippen LogP contribution in [0, 0.1) is 0 Å². The number of rotatable bonds is 5. The molecule has 1 amide bonds. The molecular formula is C11H16ClN3O2. The van der Waals surface area contributed by atoms with Gasteiger partial charge in [-0.05, 0) is 24.1 Å². The van der Waals surface area contributed by atoms with Crippen molar-refractivity contribution in [3.05, 3.63) is 28.8 Å². The number of halogens is 1. The van der Waals surface area contributed by atoms with E-state index < -0.39 is 6.04 Å². The number of benzene rings is 1. The van der Waals surface area contributed by atoms with E-state index in [9.17, 15) is 4.79 Å². The van der Waals surface area contributed by atoms with Gasteiger partial charge in [-0.3, -0.25) is 10.2 Å². The predicted molar refractivity (Wildman–Crippen MR) is 66.9 cm³/mol. The standard InChI is InChI=1S/C11H16ClN3O2/c1-14-15-11(16)10(13)5-7-3-4-8(17-2)6-9(7)12/h3-4,6,10,14H,5,13H2,1-2H3,(H,15,16). The topological polar surface area (TPSA) is 76.4 Å². The second kappa shape index (κ2) is 6.44. The molecule has 0 saturated carbocycles. The SMILES string of the molecule is CNNC(=O)C(N)Cc1ccc(OC)cc1Cl. The van der Waals surface area contributed by atoms with Crippen LogP contribution in [-0.2, 0) is 11.2 Å². The van der Waals surface area contributed by atoms with Crippen LogP contribution in [0.4, 0.5) is 0 Å². The lowest BCUT2D eigenvalue weighted by molar-refractivity contribution is -0.123. The molecule has 0 aromatic heterocycles. The number of ether oxygens (including phenoxy) is 1. The van der Waals surface area contributed by atoms with Crippen LogP contribution < -0.4 is 21.3 Å². The normalized spacial score (nSPS) is 12.0. The van der Waals surface area contributed by atoms with Gasteiger partial charge in [0.25, 0.3) is 5.91 Å². The maximum atomic E-state index is 11.4. The van der Waals surface area contributed by atoms with E-state index in [1.54, 1.807) is 32.4 Å². The van der Waals surface area contributed by atoms with Gasteiger partial charge in [-0.15, -0.1) is 0 Å². The highest BCUT2D eigenvalue weighted by molar-refractivity contribution is 6.31. The zero-order chi connectivity index (χ0) is 12.8. The van der Waals surface area contributed by atoms with E-state index >= 15 is 0 Å². The second-order valence-corrected chi connectivity index (χ2v) is 3.91. The highest BCUT2D eigenvalue weighted by atomic mass is 35.5. The summed E-state index contributed by atoms with van der Waals surface area (Å²) >= 11 is 6.05. The summed E-state index contributed by atoms with van der Waals surface area (Å²) in [6.07, 6.45) is 0.371. The summed E-state index contributed by atoms with van der Waals surface area (Å²) in [5, 5.41) is 0.539. The number of hydrogen-bond donors (Lipinski definition) is 3. The zero-order valence-electron chi connectivity index (χ0n) is 9.79. The Labute approximate surface area is 105 Å². The van der Waals surface area contributed by atoms with Crippen molar-refractivity contribution in [2.24, 2.45) is 5.73 Å². The molecule has 0 aliphatic carbocycles. The summed E-state index contributed by atoms with van der Waals surface area (Å²) in [5.74, 6) is 0.395. The summed E-state index contributed by atoms with van der Waals surface area (Å²) in [6, 6.07) is 4.63. The van der Waals surface area contributed by atoms with E-state index in [0.29, 0.717) is 17.2 Å². The lowest BCUT2D eigenvalue weighted by Gasteiger charge is -2.13. The van der Waals surface area contributed by atoms with Gasteiger partial charge in [-0.2, -0.15) is 0 Å². The van der Waals surface area contributed by atoms with Gasteiger partial charge in [-0.1, -0.05) is 17.7 Å². The average molecular weight is 258 g/mol. The summed E-state index contributed by atoms with van der Waals surface area (Å²) in [7, 11) is 3.17. The van der Waals surface area contributed by atoms with Gasteiger partial charge >= 0.3 is 0 Å². The Morgan fingerprint density at radius 1 is 1.59 bits per heavy atom. The first-order chi connectivity index (χ1) is 8.08. The molecule has 0 bridgehead atoms. The number of hydrazine groups is 1. The summed E-state index contributed by atoms with van der Waals surface area (Å²) in [5.41, 5.74) is 11.5. The van der Waals surface area contributed by atoms with Crippen molar-refractivity contribution in [2.45, 2.75) is 12.5 Å². The Bertz CT molecular complexity index is 398. The molecule has 1 atom stereocenters. The monoisotopic (exact) mass is 257 g/mol. The van der Waals surface area contributed by atoms with Crippen molar-refractivity contribution in [1.29, 1.82) is 0 Å². The van der Waals surface area contributed by atoms with Gasteiger partial charge in [-0.25, -0.2) is 5.43 Å². The van der Waals surface area contributed by atoms with Crippen LogP contribution in [0.1, 0.15) is 5.56 Å². The Morgan fingerprint density at radius 3 is 2.82 bits per heavy atom. The summed E-state index contributed by atoms with van der Waals surface area (Å²) in [4.78, 5) is 11.4. The summed E-state index contributed by atoms with van der Waals surface area (Å²) < 4.78 is 5.04. The first-order valence-corrected chi connectivity index (χ1v) is 5.51. The number of carbonyl (C=O) groups excluding carboxylic acids is 1. The maximum Gasteiger partial charge on any atom is 0.251 e. The number of methoxy groups -OCH3 is 1. The molecule has 1 aromatic carbocycles. The quantitative estimate of drug-likeness (QED) is 0.671. The average Bonchev–Trinajstić information content (AvgIpc) is 2.31. The van der Waals surface area contributed by atoms with Crippen LogP contribution in [0.15, 0.2) is 18.2 Å². The van der Waals surface area contributed by atoms with Crippen LogP contribution in [0.25, 0.3) is 0 Å². The fraction of sp³-hybridized carbons (Fsp3) is 0.364. The molecule has 1 aromatic rings. The van der Waals surface area contributed by atoms with E-state index in [0.717, 1.165) is 5.56 Å². The van der Waals surface area contributed by atoms with E-state index in [2.05, 4.69) is 10.9 Å². The molecule has 0 spiro atoms. The number of hydrogen-bond acceptors (Lipinski definition) is 4. The highest BCUT2D eigenvalue weighted by Crippen LogP contribution is 2.23. The largest absolute Gasteiger partial charge is 0.497 e. The predicted octanol–water partition coefficient (Wildman–Crippen LogP) is 0.469. The molecule has 1 rings (SSSR count). The Kier molecular flexibility index (Phi) is 5.21. The molecule has 1 unspecified atom stereocenters. The fourth-order valence-electron chi connectivity index (χ4n) is 1.37. The van der Waals surface area contributed by atoms with E-state index in [1.807, 2.05) is 0 Å². The van der Waals surface area contributed by atoms with Crippen LogP contribution in [-0.4, -0.2) is 26.1 Å². The van der Waals surface area contributed by atoms with Crippen LogP contribution in [0.2, 0.25) is 5.02 Å². The third-order valence-electron chi connectivity index (χ3n) is 2.29. The molecule has 6 heteroatoms. The molecule has 4 N–H and O–H groups in total. The minimum absolute atomic E-state index is 0.278. The van der Waals surface area contributed by atoms with E-state index in [1.165, 1.54) is 0 Å². The fourth-order valence-corrected chi connectivity index (χ4v) is 1.61. The van der Waals surface area contributed by atoms with Crippen LogP contribution in [0.3, 0.4) is 0 Å². The van der Waals surface area contributed by atoms with Gasteiger partial charge in [0, 0.05) is 12.1 Å². The van der Waals surface area contributed by atoms with Crippen LogP contribution in [0.5, 0.6) is 5.75 Å². The molecule has 5 nitrogen and oxygen atoms in total. The number of nitrogens with two attached hydrogens (primary N) is 1. The molecule has 0 fully saturated rings. The molecule has 94 valence electrons. The second-order valence-electron chi connectivity index (χ2n) is 3.51. The van der Waals surface area contributed by atoms with E-state index in [-0.39, 0.29) is 5.91 Å². The minimum atomic E-state index is -0.645. The molecule has 0 aliphatic rings. The highest BCUT2D eigenvalue weighted by Gasteiger charge is 2.15. The van der Waals surface area contributed by atoms with Crippen molar-refractivity contribution in [1.82, 2.24) is 10.9 Å². The Balaban J connectivity index is 2.71. The van der Waals surface area contributed by atoms with Crippen molar-refractivity contribution in [3.63, 3.8) is 0 Å². The molecule has 0 radical (unpaired) electrons. The maximum absolute atomic E-state index is 11.4. The van der Waals surface area contributed by atoms with Crippen molar-refractivity contribution in [2.75, 3.05) is 14.2 Å². The van der Waals surface area contributed by atoms with Gasteiger partial charge < -0.3 is 10.5 Å². The Morgan fingerprint density at radius 2 is 2.29 bits per heavy atom. The molecular weight excluding hydrogens is 242 g/mol. The van der Waals surface area contributed by atoms with Crippen LogP contribution >= 0.6 is 11.6 Å². The molecule has 0 saturated heterocycles. The smallest absolute Gasteiger partial charge is 0.251 e. The number of nitrogens with one attached hydrogen (secondary N) is 2. The first kappa shape index (κ1) is 13.8. The minimum Gasteiger partial charge on any atom is -0.497 e. The molecule has 17 heavy (non-hydrogen) atoms. The van der Waals surface area contributed by atoms with E-state index in [4.69, 9.17) is 22.1 Å². The lowest BCUT2D eigenvalue weighted by atomic mass is 10.1. The number of amides is 1. The van der Waals surface area contributed by atoms with Crippen molar-refractivity contribution < 1.29 is 9.53 Å². The molecule has 0 heterocycles. The van der Waals surface area contributed by atoms with Crippen molar-refractivity contribution >= 4 is 17.5 Å². The first-order valence-electron chi connectivity index (χ1n) is 5.13. The summed E-state index contributed by atoms with van der Waals surface area (Å²) in [6.45, 7) is 0. The lowest BCUT2D eigenvalue weighted by Crippen LogP contribution is -2.46. The zero-order valence-corrected chi connectivity index (χ0v) is 10.5. The Hall–Kier alpha value is -1.30. The molecule has 0 aliphatic heterocycles. The third-order valence-corrected chi connectivity index (χ3v) is 2.64. The van der Waals surface area contributed by atoms with Gasteiger partial charge in [0.05, 0.1) is 13.2 Å². The van der Waals surface area contributed by atoms with Gasteiger partial charge in [0.1, 0.15) is 5.75 Å². The number of carbonyl (C=O) groups is 1. The van der Waals surface area contributed by atoms with Gasteiger partial charge in [0.2, 0.25) is 0 Å².